The maximum Gasteiger partial charge on any atom is 0.327 e. The van der Waals surface area contributed by atoms with Gasteiger partial charge >= 0.3 is 5.97 Å². The Kier molecular flexibility index (Phi) is 4.85. The number of carboxylic acid groups (broad SMARTS) is 1. The van der Waals surface area contributed by atoms with Crippen LogP contribution in [-0.2, 0) is 4.79 Å². The number of aromatic hydroxyl groups is 1. The molecular formula is C18H17NO5S. The maximum absolute atomic E-state index is 12.9. The molecule has 0 saturated carbocycles. The van der Waals surface area contributed by atoms with E-state index in [4.69, 9.17) is 4.74 Å². The number of carboxylic acids is 1. The SMILES string of the molecule is COc1cccc(C2SC[C@@H](C(=O)O)N2C(=O)c2ccccc2)c1O. The maximum atomic E-state index is 12.9. The zero-order valence-corrected chi connectivity index (χ0v) is 14.3. The van der Waals surface area contributed by atoms with Crippen LogP contribution >= 0.6 is 11.8 Å². The van der Waals surface area contributed by atoms with Crippen molar-refractivity contribution in [2.75, 3.05) is 12.9 Å². The zero-order valence-electron chi connectivity index (χ0n) is 13.5. The molecule has 0 bridgehead atoms. The van der Waals surface area contributed by atoms with Gasteiger partial charge in [0.2, 0.25) is 0 Å². The summed E-state index contributed by atoms with van der Waals surface area (Å²) in [7, 11) is 1.44. The lowest BCUT2D eigenvalue weighted by atomic mass is 10.1. The molecule has 1 fully saturated rings. The van der Waals surface area contributed by atoms with Gasteiger partial charge in [0, 0.05) is 16.9 Å². The Hall–Kier alpha value is -2.67. The Balaban J connectivity index is 2.04. The average Bonchev–Trinajstić information content (AvgIpc) is 3.07. The number of ether oxygens (including phenoxy) is 1. The van der Waals surface area contributed by atoms with E-state index in [1.165, 1.54) is 23.8 Å². The van der Waals surface area contributed by atoms with Crippen LogP contribution in [0.5, 0.6) is 11.5 Å². The van der Waals surface area contributed by atoms with Gasteiger partial charge in [-0.05, 0) is 18.2 Å². The van der Waals surface area contributed by atoms with E-state index in [0.29, 0.717) is 11.1 Å². The first-order valence-corrected chi connectivity index (χ1v) is 8.67. The lowest BCUT2D eigenvalue weighted by molar-refractivity contribution is -0.141. The molecule has 3 rings (SSSR count). The zero-order chi connectivity index (χ0) is 18.0. The Bertz CT molecular complexity index is 795. The third-order valence-corrected chi connectivity index (χ3v) is 5.36. The summed E-state index contributed by atoms with van der Waals surface area (Å²) >= 11 is 1.31. The predicted octanol–water partition coefficient (Wildman–Crippen LogP) is 2.74. The molecule has 6 nitrogen and oxygen atoms in total. The van der Waals surface area contributed by atoms with Crippen LogP contribution in [0.2, 0.25) is 0 Å². The van der Waals surface area contributed by atoms with E-state index in [1.54, 1.807) is 48.5 Å². The fourth-order valence-corrected chi connectivity index (χ4v) is 4.26. The lowest BCUT2D eigenvalue weighted by Gasteiger charge is -2.28. The van der Waals surface area contributed by atoms with Crippen molar-refractivity contribution in [1.29, 1.82) is 0 Å². The van der Waals surface area contributed by atoms with E-state index in [-0.39, 0.29) is 23.2 Å². The topological polar surface area (TPSA) is 87.1 Å². The smallest absolute Gasteiger partial charge is 0.327 e. The van der Waals surface area contributed by atoms with Crippen LogP contribution in [0, 0.1) is 0 Å². The summed E-state index contributed by atoms with van der Waals surface area (Å²) in [4.78, 5) is 25.9. The third kappa shape index (κ3) is 3.15. The van der Waals surface area contributed by atoms with Crippen LogP contribution in [0.3, 0.4) is 0 Å². The van der Waals surface area contributed by atoms with Gasteiger partial charge in [-0.3, -0.25) is 4.79 Å². The molecule has 1 aliphatic rings. The van der Waals surface area contributed by atoms with Gasteiger partial charge in [-0.2, -0.15) is 0 Å². The Labute approximate surface area is 149 Å². The molecular weight excluding hydrogens is 342 g/mol. The summed E-state index contributed by atoms with van der Waals surface area (Å²) in [5.74, 6) is -1.01. The van der Waals surface area contributed by atoms with Gasteiger partial charge in [-0.15, -0.1) is 11.8 Å². The van der Waals surface area contributed by atoms with Crippen LogP contribution in [0.15, 0.2) is 48.5 Å². The Morgan fingerprint density at radius 3 is 2.52 bits per heavy atom. The predicted molar refractivity (Wildman–Crippen MR) is 93.9 cm³/mol. The number of amides is 1. The summed E-state index contributed by atoms with van der Waals surface area (Å²) in [5.41, 5.74) is 0.862. The summed E-state index contributed by atoms with van der Waals surface area (Å²) in [6.45, 7) is 0. The normalized spacial score (nSPS) is 19.6. The number of rotatable bonds is 4. The number of phenols is 1. The molecule has 1 amide bonds. The molecule has 1 unspecified atom stereocenters. The number of carbonyl (C=O) groups is 2. The number of thioether (sulfide) groups is 1. The second-order valence-electron chi connectivity index (χ2n) is 5.52. The third-order valence-electron chi connectivity index (χ3n) is 4.06. The molecule has 1 heterocycles. The van der Waals surface area contributed by atoms with Crippen LogP contribution in [-0.4, -0.2) is 45.9 Å². The molecule has 0 spiro atoms. The minimum absolute atomic E-state index is 0.0839. The quantitative estimate of drug-likeness (QED) is 0.873. The number of hydrogen-bond donors (Lipinski definition) is 2. The molecule has 7 heteroatoms. The first kappa shape index (κ1) is 17.2. The highest BCUT2D eigenvalue weighted by Gasteiger charge is 2.43. The summed E-state index contributed by atoms with van der Waals surface area (Å²) in [5, 5.41) is 19.3. The van der Waals surface area contributed by atoms with Gasteiger partial charge in [0.1, 0.15) is 11.4 Å². The molecule has 2 N–H and O–H groups in total. The van der Waals surface area contributed by atoms with Gasteiger partial charge in [-0.25, -0.2) is 4.79 Å². The molecule has 2 aromatic rings. The number of aliphatic carboxylic acids is 1. The van der Waals surface area contributed by atoms with Crippen molar-refractivity contribution >= 4 is 23.6 Å². The largest absolute Gasteiger partial charge is 0.504 e. The van der Waals surface area contributed by atoms with Gasteiger partial charge in [0.25, 0.3) is 5.91 Å². The minimum Gasteiger partial charge on any atom is -0.504 e. The minimum atomic E-state index is -1.07. The van der Waals surface area contributed by atoms with Crippen molar-refractivity contribution < 1.29 is 24.5 Å². The second-order valence-corrected chi connectivity index (χ2v) is 6.63. The first-order chi connectivity index (χ1) is 12.0. The highest BCUT2D eigenvalue weighted by molar-refractivity contribution is 7.99. The summed E-state index contributed by atoms with van der Waals surface area (Å²) in [6, 6.07) is 12.5. The standard InChI is InChI=1S/C18H17NO5S/c1-24-14-9-5-8-12(15(14)20)17-19(13(10-25-17)18(22)23)16(21)11-6-3-2-4-7-11/h2-9,13,17,20H,10H2,1H3,(H,22,23)/t13-,17?/m0/s1. The molecule has 2 aromatic carbocycles. The fourth-order valence-electron chi connectivity index (χ4n) is 2.82. The van der Waals surface area contributed by atoms with E-state index in [9.17, 15) is 19.8 Å². The number of phenolic OH excluding ortho intramolecular Hbond substituents is 1. The van der Waals surface area contributed by atoms with Crippen LogP contribution in [0.1, 0.15) is 21.3 Å². The number of carbonyl (C=O) groups excluding carboxylic acids is 1. The number of benzene rings is 2. The molecule has 0 aliphatic carbocycles. The van der Waals surface area contributed by atoms with Crippen LogP contribution in [0.25, 0.3) is 0 Å². The molecule has 25 heavy (non-hydrogen) atoms. The second kappa shape index (κ2) is 7.06. The van der Waals surface area contributed by atoms with Crippen molar-refractivity contribution in [3.05, 3.63) is 59.7 Å². The van der Waals surface area contributed by atoms with Crippen molar-refractivity contribution in [2.45, 2.75) is 11.4 Å². The fraction of sp³-hybridized carbons (Fsp3) is 0.222. The van der Waals surface area contributed by atoms with E-state index < -0.39 is 17.4 Å². The van der Waals surface area contributed by atoms with Gasteiger partial charge in [0.15, 0.2) is 11.5 Å². The number of para-hydroxylation sites is 1. The Morgan fingerprint density at radius 1 is 1.16 bits per heavy atom. The van der Waals surface area contributed by atoms with Crippen molar-refractivity contribution in [2.24, 2.45) is 0 Å². The van der Waals surface area contributed by atoms with E-state index in [2.05, 4.69) is 0 Å². The van der Waals surface area contributed by atoms with Crippen molar-refractivity contribution in [3.63, 3.8) is 0 Å². The number of methoxy groups -OCH3 is 1. The molecule has 0 radical (unpaired) electrons. The lowest BCUT2D eigenvalue weighted by Crippen LogP contribution is -2.42. The highest BCUT2D eigenvalue weighted by atomic mass is 32.2. The number of nitrogens with zero attached hydrogens (tertiary/aromatic N) is 1. The van der Waals surface area contributed by atoms with Crippen LogP contribution in [0.4, 0.5) is 0 Å². The van der Waals surface area contributed by atoms with Crippen LogP contribution < -0.4 is 4.74 Å². The van der Waals surface area contributed by atoms with E-state index in [0.717, 1.165) is 0 Å². The molecule has 2 atom stereocenters. The average molecular weight is 359 g/mol. The summed E-state index contributed by atoms with van der Waals surface area (Å²) < 4.78 is 5.12. The Morgan fingerprint density at radius 2 is 1.88 bits per heavy atom. The van der Waals surface area contributed by atoms with E-state index >= 15 is 0 Å². The molecule has 1 saturated heterocycles. The summed E-state index contributed by atoms with van der Waals surface area (Å²) in [6.07, 6.45) is 0. The highest BCUT2D eigenvalue weighted by Crippen LogP contribution is 2.47. The van der Waals surface area contributed by atoms with Gasteiger partial charge in [-0.1, -0.05) is 30.3 Å². The molecule has 1 aliphatic heterocycles. The van der Waals surface area contributed by atoms with Crippen molar-refractivity contribution in [1.82, 2.24) is 4.90 Å². The molecule has 0 aromatic heterocycles. The monoisotopic (exact) mass is 359 g/mol. The van der Waals surface area contributed by atoms with E-state index in [1.807, 2.05) is 0 Å². The first-order valence-electron chi connectivity index (χ1n) is 7.62. The van der Waals surface area contributed by atoms with Gasteiger partial charge < -0.3 is 19.8 Å². The number of hydrogen-bond acceptors (Lipinski definition) is 5. The van der Waals surface area contributed by atoms with Crippen molar-refractivity contribution in [3.8, 4) is 11.5 Å². The molecule has 130 valence electrons. The van der Waals surface area contributed by atoms with Gasteiger partial charge in [0.05, 0.1) is 7.11 Å².